The van der Waals surface area contributed by atoms with Gasteiger partial charge >= 0.3 is 0 Å². The van der Waals surface area contributed by atoms with Crippen molar-refractivity contribution < 1.29 is 9.84 Å². The van der Waals surface area contributed by atoms with E-state index in [2.05, 4.69) is 26.0 Å². The van der Waals surface area contributed by atoms with E-state index < -0.39 is 0 Å². The maximum Gasteiger partial charge on any atom is 0.128 e. The molecule has 0 saturated carbocycles. The molecule has 0 fully saturated rings. The van der Waals surface area contributed by atoms with Gasteiger partial charge < -0.3 is 9.84 Å². The van der Waals surface area contributed by atoms with Crippen molar-refractivity contribution in [3.05, 3.63) is 28.8 Å². The number of benzene rings is 1. The van der Waals surface area contributed by atoms with E-state index in [1.807, 2.05) is 0 Å². The van der Waals surface area contributed by atoms with Gasteiger partial charge in [0.1, 0.15) is 5.75 Å². The molecule has 0 amide bonds. The molecule has 1 aromatic rings. The molecule has 0 aromatic heterocycles. The molecule has 0 saturated heterocycles. The van der Waals surface area contributed by atoms with Crippen LogP contribution in [0.1, 0.15) is 42.6 Å². The van der Waals surface area contributed by atoms with Gasteiger partial charge in [-0.3, -0.25) is 0 Å². The fraction of sp³-hybridized carbons (Fsp3) is 0.500. The van der Waals surface area contributed by atoms with E-state index in [-0.39, 0.29) is 6.10 Å². The Hall–Kier alpha value is -1.02. The van der Waals surface area contributed by atoms with Gasteiger partial charge in [-0.2, -0.15) is 0 Å². The Morgan fingerprint density at radius 1 is 1.43 bits per heavy atom. The molecule has 1 N–H and O–H groups in total. The summed E-state index contributed by atoms with van der Waals surface area (Å²) in [6.07, 6.45) is 0.447. The Kier molecular flexibility index (Phi) is 2.23. The van der Waals surface area contributed by atoms with Gasteiger partial charge in [-0.1, -0.05) is 26.0 Å². The largest absolute Gasteiger partial charge is 0.496 e. The zero-order chi connectivity index (χ0) is 10.3. The number of rotatable bonds is 2. The van der Waals surface area contributed by atoms with E-state index >= 15 is 0 Å². The molecule has 1 atom stereocenters. The summed E-state index contributed by atoms with van der Waals surface area (Å²) in [5.41, 5.74) is 3.41. The number of hydrogen-bond donors (Lipinski definition) is 1. The highest BCUT2D eigenvalue weighted by Gasteiger charge is 2.29. The van der Waals surface area contributed by atoms with Crippen LogP contribution < -0.4 is 4.74 Å². The van der Waals surface area contributed by atoms with Crippen molar-refractivity contribution in [3.8, 4) is 5.75 Å². The van der Waals surface area contributed by atoms with Crippen LogP contribution in [0.5, 0.6) is 5.75 Å². The lowest BCUT2D eigenvalue weighted by Gasteiger charge is -2.30. The average molecular weight is 192 g/mol. The Morgan fingerprint density at radius 2 is 2.14 bits per heavy atom. The van der Waals surface area contributed by atoms with E-state index in [1.54, 1.807) is 7.11 Å². The summed E-state index contributed by atoms with van der Waals surface area (Å²) >= 11 is 0. The van der Waals surface area contributed by atoms with Gasteiger partial charge in [-0.15, -0.1) is 0 Å². The van der Waals surface area contributed by atoms with Gasteiger partial charge in [0.05, 0.1) is 13.2 Å². The second-order valence-corrected chi connectivity index (χ2v) is 4.14. The quantitative estimate of drug-likeness (QED) is 0.779. The minimum absolute atomic E-state index is 0.321. The third kappa shape index (κ3) is 1.22. The fourth-order valence-corrected chi connectivity index (χ4v) is 2.06. The van der Waals surface area contributed by atoms with Crippen molar-refractivity contribution >= 4 is 0 Å². The number of ether oxygens (including phenoxy) is 1. The van der Waals surface area contributed by atoms with Gasteiger partial charge in [-0.05, 0) is 17.0 Å². The van der Waals surface area contributed by atoms with Gasteiger partial charge in [0.25, 0.3) is 0 Å². The van der Waals surface area contributed by atoms with Crippen molar-refractivity contribution in [3.63, 3.8) is 0 Å². The van der Waals surface area contributed by atoms with Crippen LogP contribution in [0.25, 0.3) is 0 Å². The zero-order valence-corrected chi connectivity index (χ0v) is 8.87. The lowest BCUT2D eigenvalue weighted by molar-refractivity contribution is 0.148. The standard InChI is InChI=1S/C12H16O2/c1-7(2)9-5-4-8-6-10(13)11(8)12(9)14-3/h4-5,7,10,13H,6H2,1-3H3. The molecular formula is C12H16O2. The smallest absolute Gasteiger partial charge is 0.128 e. The molecule has 0 radical (unpaired) electrons. The molecule has 0 aliphatic heterocycles. The molecule has 2 rings (SSSR count). The highest BCUT2D eigenvalue weighted by Crippen LogP contribution is 2.43. The maximum absolute atomic E-state index is 9.64. The molecule has 0 spiro atoms. The van der Waals surface area contributed by atoms with Crippen LogP contribution in [0.3, 0.4) is 0 Å². The molecule has 1 aliphatic rings. The summed E-state index contributed by atoms with van der Waals surface area (Å²) in [7, 11) is 1.67. The number of fused-ring (bicyclic) bond motifs is 1. The first-order chi connectivity index (χ1) is 6.65. The summed E-state index contributed by atoms with van der Waals surface area (Å²) in [5, 5.41) is 9.64. The zero-order valence-electron chi connectivity index (χ0n) is 8.87. The maximum atomic E-state index is 9.64. The third-order valence-electron chi connectivity index (χ3n) is 2.89. The number of methoxy groups -OCH3 is 1. The Morgan fingerprint density at radius 3 is 2.64 bits per heavy atom. The van der Waals surface area contributed by atoms with Crippen LogP contribution in [-0.4, -0.2) is 12.2 Å². The summed E-state index contributed by atoms with van der Waals surface area (Å²) in [6, 6.07) is 4.20. The summed E-state index contributed by atoms with van der Waals surface area (Å²) < 4.78 is 5.38. The Bertz CT molecular complexity index is 356. The van der Waals surface area contributed by atoms with Gasteiger partial charge in [0, 0.05) is 12.0 Å². The van der Waals surface area contributed by atoms with E-state index in [9.17, 15) is 5.11 Å². The topological polar surface area (TPSA) is 29.5 Å². The van der Waals surface area contributed by atoms with E-state index in [1.165, 1.54) is 11.1 Å². The SMILES string of the molecule is COc1c(C(C)C)ccc2c1C(O)C2. The van der Waals surface area contributed by atoms with Crippen LogP contribution in [-0.2, 0) is 6.42 Å². The molecule has 2 heteroatoms. The molecular weight excluding hydrogens is 176 g/mol. The lowest BCUT2D eigenvalue weighted by atomic mass is 9.81. The second-order valence-electron chi connectivity index (χ2n) is 4.14. The predicted octanol–water partition coefficient (Wildman–Crippen LogP) is 2.41. The first-order valence-electron chi connectivity index (χ1n) is 5.03. The van der Waals surface area contributed by atoms with Gasteiger partial charge in [-0.25, -0.2) is 0 Å². The number of hydrogen-bond acceptors (Lipinski definition) is 2. The predicted molar refractivity (Wildman–Crippen MR) is 55.7 cm³/mol. The molecule has 0 bridgehead atoms. The summed E-state index contributed by atoms with van der Waals surface area (Å²) in [4.78, 5) is 0. The Labute approximate surface area is 84.5 Å². The summed E-state index contributed by atoms with van der Waals surface area (Å²) in [5.74, 6) is 1.32. The van der Waals surface area contributed by atoms with Crippen molar-refractivity contribution in [1.82, 2.24) is 0 Å². The van der Waals surface area contributed by atoms with Crippen LogP contribution in [0, 0.1) is 0 Å². The second kappa shape index (κ2) is 3.28. The molecule has 76 valence electrons. The first-order valence-corrected chi connectivity index (χ1v) is 5.03. The highest BCUT2D eigenvalue weighted by molar-refractivity contribution is 5.53. The van der Waals surface area contributed by atoms with E-state index in [0.29, 0.717) is 5.92 Å². The monoisotopic (exact) mass is 192 g/mol. The third-order valence-corrected chi connectivity index (χ3v) is 2.89. The average Bonchev–Trinajstić information content (AvgIpc) is 2.14. The van der Waals surface area contributed by atoms with Crippen LogP contribution >= 0.6 is 0 Å². The molecule has 0 heterocycles. The molecule has 2 nitrogen and oxygen atoms in total. The minimum Gasteiger partial charge on any atom is -0.496 e. The molecule has 1 aromatic carbocycles. The normalized spacial score (nSPS) is 19.1. The molecule has 1 aliphatic carbocycles. The van der Waals surface area contributed by atoms with Gasteiger partial charge in [0.15, 0.2) is 0 Å². The van der Waals surface area contributed by atoms with Crippen LogP contribution in [0.4, 0.5) is 0 Å². The Balaban J connectivity index is 2.54. The number of aliphatic hydroxyl groups excluding tert-OH is 1. The fourth-order valence-electron chi connectivity index (χ4n) is 2.06. The van der Waals surface area contributed by atoms with Crippen molar-refractivity contribution in [2.75, 3.05) is 7.11 Å². The molecule has 1 unspecified atom stereocenters. The van der Waals surface area contributed by atoms with Crippen molar-refractivity contribution in [1.29, 1.82) is 0 Å². The van der Waals surface area contributed by atoms with Crippen LogP contribution in [0.15, 0.2) is 12.1 Å². The van der Waals surface area contributed by atoms with Gasteiger partial charge in [0.2, 0.25) is 0 Å². The molecule has 14 heavy (non-hydrogen) atoms. The van der Waals surface area contributed by atoms with Crippen molar-refractivity contribution in [2.45, 2.75) is 32.3 Å². The first kappa shape index (κ1) is 9.53. The summed E-state index contributed by atoms with van der Waals surface area (Å²) in [6.45, 7) is 4.27. The van der Waals surface area contributed by atoms with E-state index in [0.717, 1.165) is 17.7 Å². The van der Waals surface area contributed by atoms with Crippen molar-refractivity contribution in [2.24, 2.45) is 0 Å². The minimum atomic E-state index is -0.321. The van der Waals surface area contributed by atoms with Crippen LogP contribution in [0.2, 0.25) is 0 Å². The lowest BCUT2D eigenvalue weighted by Crippen LogP contribution is -2.18. The number of aliphatic hydroxyl groups is 1. The highest BCUT2D eigenvalue weighted by atomic mass is 16.5. The van der Waals surface area contributed by atoms with E-state index in [4.69, 9.17) is 4.74 Å².